The molecule has 0 aromatic heterocycles. The molecule has 0 N–H and O–H groups in total. The van der Waals surface area contributed by atoms with Crippen LogP contribution in [0.3, 0.4) is 0 Å². The van der Waals surface area contributed by atoms with Crippen molar-refractivity contribution in [1.82, 2.24) is 0 Å². The van der Waals surface area contributed by atoms with Gasteiger partial charge in [-0.05, 0) is 11.6 Å². The van der Waals surface area contributed by atoms with Gasteiger partial charge in [0.15, 0.2) is 0 Å². The summed E-state index contributed by atoms with van der Waals surface area (Å²) in [7, 11) is 0. The number of hydrogen-bond donors (Lipinski definition) is 0. The third-order valence-electron chi connectivity index (χ3n) is 3.78. The van der Waals surface area contributed by atoms with Crippen molar-refractivity contribution in [3.05, 3.63) is 58.1 Å². The van der Waals surface area contributed by atoms with Crippen LogP contribution in [0.15, 0.2) is 47.5 Å². The maximum atomic E-state index is 11.0. The number of fused-ring (bicyclic) bond motifs is 6. The minimum absolute atomic E-state index is 0.123. The van der Waals surface area contributed by atoms with Crippen LogP contribution in [-0.4, -0.2) is 23.8 Å². The second-order valence-corrected chi connectivity index (χ2v) is 4.86. The molecule has 0 amide bonds. The zero-order valence-electron chi connectivity index (χ0n) is 10.6. The van der Waals surface area contributed by atoms with E-state index in [4.69, 9.17) is 0 Å². The summed E-state index contributed by atoms with van der Waals surface area (Å²) >= 11 is 0. The lowest BCUT2D eigenvalue weighted by molar-refractivity contribution is -0.384. The van der Waals surface area contributed by atoms with Gasteiger partial charge in [-0.3, -0.25) is 15.1 Å². The van der Waals surface area contributed by atoms with Gasteiger partial charge in [-0.1, -0.05) is 24.3 Å². The minimum Gasteiger partial charge on any atom is -0.324 e. The van der Waals surface area contributed by atoms with E-state index in [9.17, 15) is 10.1 Å². The summed E-state index contributed by atoms with van der Waals surface area (Å²) in [5.74, 6) is 0.974. The van der Waals surface area contributed by atoms with Crippen LogP contribution in [0.2, 0.25) is 0 Å². The van der Waals surface area contributed by atoms with Crippen LogP contribution < -0.4 is 4.90 Å². The molecule has 20 heavy (non-hydrogen) atoms. The van der Waals surface area contributed by atoms with Crippen molar-refractivity contribution in [2.45, 2.75) is 0 Å². The molecule has 5 heteroatoms. The number of rotatable bonds is 1. The fourth-order valence-corrected chi connectivity index (χ4v) is 2.91. The Balaban J connectivity index is 2.03. The Morgan fingerprint density at radius 3 is 2.70 bits per heavy atom. The summed E-state index contributed by atoms with van der Waals surface area (Å²) in [5, 5.41) is 11.0. The number of anilines is 1. The number of benzene rings is 2. The summed E-state index contributed by atoms with van der Waals surface area (Å²) < 4.78 is 0. The first-order valence-electron chi connectivity index (χ1n) is 6.46. The number of hydrogen-bond acceptors (Lipinski definition) is 4. The zero-order valence-corrected chi connectivity index (χ0v) is 10.6. The maximum Gasteiger partial charge on any atom is 0.270 e. The average molecular weight is 265 g/mol. The van der Waals surface area contributed by atoms with E-state index < -0.39 is 0 Å². The van der Waals surface area contributed by atoms with E-state index in [0.29, 0.717) is 0 Å². The molecule has 2 heterocycles. The van der Waals surface area contributed by atoms with Gasteiger partial charge < -0.3 is 4.90 Å². The fourth-order valence-electron chi connectivity index (χ4n) is 2.91. The van der Waals surface area contributed by atoms with E-state index in [0.717, 1.165) is 41.3 Å². The molecular weight excluding hydrogens is 254 g/mol. The monoisotopic (exact) mass is 265 g/mol. The quantitative estimate of drug-likeness (QED) is 0.588. The zero-order chi connectivity index (χ0) is 13.7. The smallest absolute Gasteiger partial charge is 0.270 e. The van der Waals surface area contributed by atoms with E-state index in [-0.39, 0.29) is 10.6 Å². The Bertz CT molecular complexity index is 767. The predicted molar refractivity (Wildman–Crippen MR) is 77.3 cm³/mol. The van der Waals surface area contributed by atoms with Crippen molar-refractivity contribution in [3.8, 4) is 11.1 Å². The number of aliphatic imine (C=N–C) groups is 1. The van der Waals surface area contributed by atoms with Crippen molar-refractivity contribution in [1.29, 1.82) is 0 Å². The van der Waals surface area contributed by atoms with Gasteiger partial charge in [-0.2, -0.15) is 0 Å². The van der Waals surface area contributed by atoms with Gasteiger partial charge in [0.25, 0.3) is 5.69 Å². The van der Waals surface area contributed by atoms with Crippen molar-refractivity contribution in [2.24, 2.45) is 4.99 Å². The first-order valence-corrected chi connectivity index (χ1v) is 6.46. The molecule has 0 aliphatic carbocycles. The van der Waals surface area contributed by atoms with Crippen LogP contribution in [-0.2, 0) is 0 Å². The third kappa shape index (κ3) is 1.40. The van der Waals surface area contributed by atoms with Gasteiger partial charge >= 0.3 is 0 Å². The summed E-state index contributed by atoms with van der Waals surface area (Å²) in [6, 6.07) is 13.0. The van der Waals surface area contributed by atoms with Crippen molar-refractivity contribution in [3.63, 3.8) is 0 Å². The largest absolute Gasteiger partial charge is 0.324 e. The molecule has 0 saturated carbocycles. The Morgan fingerprint density at radius 2 is 1.90 bits per heavy atom. The molecule has 2 aromatic rings. The van der Waals surface area contributed by atoms with Crippen LogP contribution in [0.4, 0.5) is 11.4 Å². The van der Waals surface area contributed by atoms with Gasteiger partial charge in [0.1, 0.15) is 5.84 Å². The van der Waals surface area contributed by atoms with Crippen molar-refractivity contribution < 1.29 is 4.92 Å². The highest BCUT2D eigenvalue weighted by Gasteiger charge is 2.30. The lowest BCUT2D eigenvalue weighted by atomic mass is 9.92. The number of nitro benzene ring substituents is 1. The molecule has 2 aliphatic rings. The summed E-state index contributed by atoms with van der Waals surface area (Å²) in [4.78, 5) is 17.3. The minimum atomic E-state index is -0.351. The number of amidine groups is 1. The van der Waals surface area contributed by atoms with Gasteiger partial charge in [0.2, 0.25) is 0 Å². The van der Waals surface area contributed by atoms with E-state index in [2.05, 4.69) is 9.89 Å². The van der Waals surface area contributed by atoms with Gasteiger partial charge in [-0.25, -0.2) is 0 Å². The van der Waals surface area contributed by atoms with E-state index in [1.165, 1.54) is 0 Å². The highest BCUT2D eigenvalue weighted by molar-refractivity contribution is 6.19. The average Bonchev–Trinajstić information content (AvgIpc) is 2.96. The molecule has 4 rings (SSSR count). The molecule has 0 fully saturated rings. The standard InChI is InChI=1S/C15H11N3O2/c19-18(20)10-5-6-14-13(9-10)11-3-1-2-4-12(11)15-16-7-8-17(14)15/h1-6,9H,7-8H2. The van der Waals surface area contributed by atoms with E-state index >= 15 is 0 Å². The molecule has 0 bridgehead atoms. The Labute approximate surface area is 115 Å². The molecule has 0 saturated heterocycles. The van der Waals surface area contributed by atoms with E-state index in [1.54, 1.807) is 12.1 Å². The second-order valence-electron chi connectivity index (χ2n) is 4.86. The van der Waals surface area contributed by atoms with Crippen LogP contribution in [0.5, 0.6) is 0 Å². The van der Waals surface area contributed by atoms with Gasteiger partial charge in [0.05, 0.1) is 17.2 Å². The molecule has 0 spiro atoms. The van der Waals surface area contributed by atoms with Crippen LogP contribution in [0, 0.1) is 10.1 Å². The highest BCUT2D eigenvalue weighted by Crippen LogP contribution is 2.41. The molecule has 5 nitrogen and oxygen atoms in total. The lowest BCUT2D eigenvalue weighted by Crippen LogP contribution is -2.31. The summed E-state index contributed by atoms with van der Waals surface area (Å²) in [6.07, 6.45) is 0. The topological polar surface area (TPSA) is 58.7 Å². The fraction of sp³-hybridized carbons (Fsp3) is 0.133. The normalized spacial score (nSPS) is 15.2. The first kappa shape index (κ1) is 11.2. The Hall–Kier alpha value is -2.69. The Morgan fingerprint density at radius 1 is 1.10 bits per heavy atom. The van der Waals surface area contributed by atoms with Gasteiger partial charge in [0, 0.05) is 29.8 Å². The predicted octanol–water partition coefficient (Wildman–Crippen LogP) is 2.84. The molecule has 98 valence electrons. The second kappa shape index (κ2) is 3.90. The molecule has 2 aliphatic heterocycles. The molecule has 0 atom stereocenters. The van der Waals surface area contributed by atoms with Crippen molar-refractivity contribution in [2.75, 3.05) is 18.0 Å². The first-order chi connectivity index (χ1) is 9.75. The number of nitro groups is 1. The van der Waals surface area contributed by atoms with Crippen molar-refractivity contribution >= 4 is 17.2 Å². The molecule has 0 radical (unpaired) electrons. The third-order valence-corrected chi connectivity index (χ3v) is 3.78. The molecule has 0 unspecified atom stereocenters. The SMILES string of the molecule is O=[N+]([O-])c1ccc2c(c1)-c1ccccc1C1=NCCN12. The van der Waals surface area contributed by atoms with Crippen LogP contribution in [0.25, 0.3) is 11.1 Å². The summed E-state index contributed by atoms with van der Waals surface area (Å²) in [5.41, 5.74) is 4.11. The molecular formula is C15H11N3O2. The molecule has 2 aromatic carbocycles. The van der Waals surface area contributed by atoms with Gasteiger partial charge in [-0.15, -0.1) is 0 Å². The van der Waals surface area contributed by atoms with Crippen LogP contribution in [0.1, 0.15) is 5.56 Å². The maximum absolute atomic E-state index is 11.0. The summed E-state index contributed by atoms with van der Waals surface area (Å²) in [6.45, 7) is 1.59. The van der Waals surface area contributed by atoms with Crippen LogP contribution >= 0.6 is 0 Å². The van der Waals surface area contributed by atoms with E-state index in [1.807, 2.05) is 30.3 Å². The Kier molecular flexibility index (Phi) is 2.18. The lowest BCUT2D eigenvalue weighted by Gasteiger charge is -2.29. The number of non-ortho nitro benzene ring substituents is 1. The number of nitrogens with zero attached hydrogens (tertiary/aromatic N) is 3. The highest BCUT2D eigenvalue weighted by atomic mass is 16.6.